The van der Waals surface area contributed by atoms with E-state index in [2.05, 4.69) is 10.4 Å². The van der Waals surface area contributed by atoms with Crippen molar-refractivity contribution in [1.82, 2.24) is 15.1 Å². The number of aromatic nitrogens is 2. The summed E-state index contributed by atoms with van der Waals surface area (Å²) in [5.74, 6) is 0.441. The number of alkyl halides is 3. The second-order valence-electron chi connectivity index (χ2n) is 6.03. The van der Waals surface area contributed by atoms with Crippen LogP contribution in [0.25, 0.3) is 0 Å². The van der Waals surface area contributed by atoms with Crippen molar-refractivity contribution in [3.8, 4) is 6.07 Å². The van der Waals surface area contributed by atoms with Crippen LogP contribution < -0.4 is 10.2 Å². The second kappa shape index (κ2) is 7.07. The van der Waals surface area contributed by atoms with Gasteiger partial charge >= 0.3 is 6.18 Å². The predicted octanol–water partition coefficient (Wildman–Crippen LogP) is 2.70. The van der Waals surface area contributed by atoms with Gasteiger partial charge in [0.1, 0.15) is 12.2 Å². The van der Waals surface area contributed by atoms with Gasteiger partial charge in [-0.25, -0.2) is 4.68 Å². The minimum absolute atomic E-state index is 0.00679. The molecule has 2 heterocycles. The molecule has 1 amide bonds. The zero-order valence-corrected chi connectivity index (χ0v) is 13.7. The standard InChI is InChI=1S/C17H16F3N5O/c18-17(19,20)13-1-3-14(4-2-13)24-10-12(9-22-15(26)5-7-21)11-25-16(24)6-8-23-25/h1-4,6,8,12H,5,9-11H2,(H,22,26). The van der Waals surface area contributed by atoms with Gasteiger partial charge in [0, 0.05) is 37.3 Å². The maximum atomic E-state index is 12.8. The lowest BCUT2D eigenvalue weighted by Gasteiger charge is -2.35. The Hall–Kier alpha value is -3.02. The average Bonchev–Trinajstić information content (AvgIpc) is 3.07. The van der Waals surface area contributed by atoms with E-state index < -0.39 is 11.7 Å². The number of anilines is 2. The molecular formula is C17H16F3N5O. The van der Waals surface area contributed by atoms with Gasteiger partial charge in [-0.05, 0) is 24.3 Å². The quantitative estimate of drug-likeness (QED) is 0.906. The number of carbonyl (C=O) groups is 1. The summed E-state index contributed by atoms with van der Waals surface area (Å²) in [6.45, 7) is 1.45. The van der Waals surface area contributed by atoms with Gasteiger partial charge < -0.3 is 10.2 Å². The van der Waals surface area contributed by atoms with Crippen LogP contribution in [0.3, 0.4) is 0 Å². The van der Waals surface area contributed by atoms with Gasteiger partial charge in [0.15, 0.2) is 0 Å². The zero-order valence-electron chi connectivity index (χ0n) is 13.7. The highest BCUT2D eigenvalue weighted by atomic mass is 19.4. The van der Waals surface area contributed by atoms with Crippen LogP contribution in [0.2, 0.25) is 0 Å². The van der Waals surface area contributed by atoms with Crippen LogP contribution in [0.1, 0.15) is 12.0 Å². The van der Waals surface area contributed by atoms with Crippen molar-refractivity contribution < 1.29 is 18.0 Å². The van der Waals surface area contributed by atoms with Crippen molar-refractivity contribution in [3.63, 3.8) is 0 Å². The first kappa shape index (κ1) is 17.8. The van der Waals surface area contributed by atoms with Crippen molar-refractivity contribution in [2.24, 2.45) is 5.92 Å². The van der Waals surface area contributed by atoms with Gasteiger partial charge in [-0.3, -0.25) is 4.79 Å². The summed E-state index contributed by atoms with van der Waals surface area (Å²) in [6.07, 6.45) is -2.96. The average molecular weight is 363 g/mol. The molecule has 3 rings (SSSR count). The van der Waals surface area contributed by atoms with Gasteiger partial charge in [0.05, 0.1) is 17.8 Å². The van der Waals surface area contributed by atoms with Gasteiger partial charge in [-0.1, -0.05) is 0 Å². The molecule has 0 saturated carbocycles. The number of hydrogen-bond donors (Lipinski definition) is 1. The highest BCUT2D eigenvalue weighted by Gasteiger charge is 2.31. The Morgan fingerprint density at radius 3 is 2.65 bits per heavy atom. The third-order valence-electron chi connectivity index (χ3n) is 4.18. The molecule has 0 radical (unpaired) electrons. The molecule has 136 valence electrons. The lowest BCUT2D eigenvalue weighted by atomic mass is 10.1. The lowest BCUT2D eigenvalue weighted by Crippen LogP contribution is -2.41. The van der Waals surface area contributed by atoms with Crippen LogP contribution in [0, 0.1) is 17.2 Å². The molecule has 2 aromatic rings. The molecule has 1 aliphatic heterocycles. The van der Waals surface area contributed by atoms with Gasteiger partial charge in [0.25, 0.3) is 0 Å². The summed E-state index contributed by atoms with van der Waals surface area (Å²) in [6, 6.07) is 8.54. The number of nitriles is 1. The fraction of sp³-hybridized carbons (Fsp3) is 0.353. The van der Waals surface area contributed by atoms with E-state index in [1.54, 1.807) is 23.0 Å². The summed E-state index contributed by atoms with van der Waals surface area (Å²) in [4.78, 5) is 13.4. The highest BCUT2D eigenvalue weighted by molar-refractivity contribution is 5.77. The molecule has 1 aromatic heterocycles. The third-order valence-corrected chi connectivity index (χ3v) is 4.18. The van der Waals surface area contributed by atoms with Crippen LogP contribution in [-0.2, 0) is 17.5 Å². The topological polar surface area (TPSA) is 74.0 Å². The molecule has 0 bridgehead atoms. The van der Waals surface area contributed by atoms with Crippen molar-refractivity contribution in [3.05, 3.63) is 42.1 Å². The number of hydrogen-bond acceptors (Lipinski definition) is 4. The first-order chi connectivity index (χ1) is 12.4. The number of fused-ring (bicyclic) bond motifs is 1. The van der Waals surface area contributed by atoms with E-state index in [4.69, 9.17) is 5.26 Å². The molecule has 1 aliphatic rings. The fourth-order valence-corrected chi connectivity index (χ4v) is 2.94. The van der Waals surface area contributed by atoms with E-state index in [0.29, 0.717) is 25.3 Å². The Bertz CT molecular complexity index is 822. The molecule has 0 saturated heterocycles. The Balaban J connectivity index is 1.78. The summed E-state index contributed by atoms with van der Waals surface area (Å²) >= 11 is 0. The molecule has 1 atom stereocenters. The molecule has 0 spiro atoms. The van der Waals surface area contributed by atoms with Crippen molar-refractivity contribution in [2.45, 2.75) is 19.1 Å². The van der Waals surface area contributed by atoms with E-state index in [1.165, 1.54) is 12.1 Å². The van der Waals surface area contributed by atoms with Crippen molar-refractivity contribution in [1.29, 1.82) is 5.26 Å². The molecule has 0 aliphatic carbocycles. The Labute approximate surface area is 147 Å². The molecule has 6 nitrogen and oxygen atoms in total. The van der Waals surface area contributed by atoms with E-state index in [9.17, 15) is 18.0 Å². The number of rotatable bonds is 4. The van der Waals surface area contributed by atoms with E-state index in [-0.39, 0.29) is 18.2 Å². The molecule has 1 N–H and O–H groups in total. The van der Waals surface area contributed by atoms with Crippen molar-refractivity contribution >= 4 is 17.4 Å². The Morgan fingerprint density at radius 1 is 1.27 bits per heavy atom. The van der Waals surface area contributed by atoms with Crippen molar-refractivity contribution in [2.75, 3.05) is 18.0 Å². The highest BCUT2D eigenvalue weighted by Crippen LogP contribution is 2.34. The normalized spacial score (nSPS) is 16.7. The number of benzene rings is 1. The van der Waals surface area contributed by atoms with E-state index in [0.717, 1.165) is 18.0 Å². The van der Waals surface area contributed by atoms with Gasteiger partial charge in [0.2, 0.25) is 5.91 Å². The van der Waals surface area contributed by atoms with E-state index >= 15 is 0 Å². The maximum Gasteiger partial charge on any atom is 0.416 e. The third kappa shape index (κ3) is 3.79. The molecule has 1 aromatic carbocycles. The Morgan fingerprint density at radius 2 is 2.00 bits per heavy atom. The largest absolute Gasteiger partial charge is 0.416 e. The fourth-order valence-electron chi connectivity index (χ4n) is 2.94. The number of nitrogens with one attached hydrogen (secondary N) is 1. The van der Waals surface area contributed by atoms with E-state index in [1.807, 2.05) is 4.90 Å². The SMILES string of the molecule is N#CCC(=O)NCC1CN(c2ccc(C(F)(F)F)cc2)c2ccnn2C1. The van der Waals surface area contributed by atoms with Gasteiger partial charge in [-0.15, -0.1) is 0 Å². The van der Waals surface area contributed by atoms with Gasteiger partial charge in [-0.2, -0.15) is 23.5 Å². The minimum Gasteiger partial charge on any atom is -0.355 e. The van der Waals surface area contributed by atoms with Crippen LogP contribution >= 0.6 is 0 Å². The summed E-state index contributed by atoms with van der Waals surface area (Å²) in [5.41, 5.74) is -0.0834. The van der Waals surface area contributed by atoms with Crippen LogP contribution in [0.4, 0.5) is 24.7 Å². The minimum atomic E-state index is -4.38. The molecule has 26 heavy (non-hydrogen) atoms. The molecule has 9 heteroatoms. The molecular weight excluding hydrogens is 347 g/mol. The smallest absolute Gasteiger partial charge is 0.355 e. The van der Waals surface area contributed by atoms with Crippen LogP contribution in [0.5, 0.6) is 0 Å². The summed E-state index contributed by atoms with van der Waals surface area (Å²) in [7, 11) is 0. The molecule has 0 fully saturated rings. The number of carbonyl (C=O) groups excluding carboxylic acids is 1. The number of halogens is 3. The number of amides is 1. The predicted molar refractivity (Wildman–Crippen MR) is 87.4 cm³/mol. The molecule has 1 unspecified atom stereocenters. The maximum absolute atomic E-state index is 12.8. The number of nitrogens with zero attached hydrogens (tertiary/aromatic N) is 4. The summed E-state index contributed by atoms with van der Waals surface area (Å²) < 4.78 is 40.0. The monoisotopic (exact) mass is 363 g/mol. The lowest BCUT2D eigenvalue weighted by molar-refractivity contribution is -0.137. The first-order valence-corrected chi connectivity index (χ1v) is 7.98. The second-order valence-corrected chi connectivity index (χ2v) is 6.03. The van der Waals surface area contributed by atoms with Crippen LogP contribution in [0.15, 0.2) is 36.5 Å². The summed E-state index contributed by atoms with van der Waals surface area (Å²) in [5, 5.41) is 15.5. The zero-order chi connectivity index (χ0) is 18.7. The van der Waals surface area contributed by atoms with Crippen LogP contribution in [-0.4, -0.2) is 28.8 Å². The first-order valence-electron chi connectivity index (χ1n) is 7.98. The Kier molecular flexibility index (Phi) is 4.84.